The van der Waals surface area contributed by atoms with Crippen LogP contribution in [0.25, 0.3) is 0 Å². The van der Waals surface area contributed by atoms with Gasteiger partial charge in [0.2, 0.25) is 0 Å². The highest BCUT2D eigenvalue weighted by atomic mass is 16.5. The Kier molecular flexibility index (Phi) is 2.40. The number of aromatic nitrogens is 2. The third-order valence-corrected chi connectivity index (χ3v) is 2.28. The van der Waals surface area contributed by atoms with Crippen LogP contribution in [0.4, 0.5) is 5.69 Å². The first kappa shape index (κ1) is 8.44. The Morgan fingerprint density at radius 3 is 2.46 bits per heavy atom. The number of nitrogen functional groups attached to an aromatic ring is 1. The van der Waals surface area contributed by atoms with Gasteiger partial charge >= 0.3 is 0 Å². The first-order valence-corrected chi connectivity index (χ1v) is 4.51. The largest absolute Gasteiger partial charge is 0.396 e. The molecule has 13 heavy (non-hydrogen) atoms. The van der Waals surface area contributed by atoms with Gasteiger partial charge < -0.3 is 10.5 Å². The van der Waals surface area contributed by atoms with E-state index in [0.29, 0.717) is 11.6 Å². The summed E-state index contributed by atoms with van der Waals surface area (Å²) in [4.78, 5) is 8.42. The van der Waals surface area contributed by atoms with E-state index < -0.39 is 0 Å². The van der Waals surface area contributed by atoms with Gasteiger partial charge in [-0.25, -0.2) is 9.97 Å². The second kappa shape index (κ2) is 3.70. The number of nitrogens with two attached hydrogens (primary N) is 1. The summed E-state index contributed by atoms with van der Waals surface area (Å²) in [7, 11) is 0. The highest BCUT2D eigenvalue weighted by molar-refractivity contribution is 5.30. The molecule has 0 aromatic carbocycles. The maximum Gasteiger partial charge on any atom is 0.131 e. The molecule has 0 radical (unpaired) electrons. The van der Waals surface area contributed by atoms with Crippen LogP contribution in [-0.2, 0) is 4.74 Å². The van der Waals surface area contributed by atoms with Crippen molar-refractivity contribution in [2.75, 3.05) is 18.9 Å². The molecule has 0 aliphatic carbocycles. The monoisotopic (exact) mass is 179 g/mol. The molecular weight excluding hydrogens is 166 g/mol. The quantitative estimate of drug-likeness (QED) is 0.697. The molecule has 70 valence electrons. The van der Waals surface area contributed by atoms with E-state index in [2.05, 4.69) is 9.97 Å². The number of nitrogens with zero attached hydrogens (tertiary/aromatic N) is 2. The van der Waals surface area contributed by atoms with Crippen molar-refractivity contribution in [2.45, 2.75) is 18.8 Å². The Bertz CT molecular complexity index is 267. The highest BCUT2D eigenvalue weighted by Crippen LogP contribution is 2.23. The van der Waals surface area contributed by atoms with Crippen LogP contribution < -0.4 is 5.73 Å². The van der Waals surface area contributed by atoms with Crippen LogP contribution in [0.5, 0.6) is 0 Å². The summed E-state index contributed by atoms with van der Waals surface area (Å²) >= 11 is 0. The summed E-state index contributed by atoms with van der Waals surface area (Å²) in [5.41, 5.74) is 6.13. The fraction of sp³-hybridized carbons (Fsp3) is 0.556. The van der Waals surface area contributed by atoms with Gasteiger partial charge in [-0.15, -0.1) is 0 Å². The molecule has 1 aromatic heterocycles. The van der Waals surface area contributed by atoms with Gasteiger partial charge in [0.15, 0.2) is 0 Å². The Labute approximate surface area is 77.1 Å². The summed E-state index contributed by atoms with van der Waals surface area (Å²) < 4.78 is 5.26. The Morgan fingerprint density at radius 2 is 1.85 bits per heavy atom. The smallest absolute Gasteiger partial charge is 0.131 e. The highest BCUT2D eigenvalue weighted by Gasteiger charge is 2.17. The lowest BCUT2D eigenvalue weighted by Gasteiger charge is -2.20. The van der Waals surface area contributed by atoms with Crippen molar-refractivity contribution in [1.29, 1.82) is 0 Å². The van der Waals surface area contributed by atoms with Crippen molar-refractivity contribution in [3.05, 3.63) is 18.2 Å². The molecule has 1 aromatic rings. The maximum atomic E-state index is 5.51. The molecule has 4 nitrogen and oxygen atoms in total. The minimum absolute atomic E-state index is 0.453. The van der Waals surface area contributed by atoms with Crippen LogP contribution in [0.2, 0.25) is 0 Å². The standard InChI is InChI=1S/C9H13N3O/c10-8-5-11-9(12-6-8)7-1-3-13-4-2-7/h5-7H,1-4,10H2. The molecular formula is C9H13N3O. The first-order valence-electron chi connectivity index (χ1n) is 4.51. The molecule has 0 amide bonds. The molecule has 0 saturated carbocycles. The molecule has 1 aliphatic heterocycles. The molecule has 1 saturated heterocycles. The molecule has 0 unspecified atom stereocenters. The van der Waals surface area contributed by atoms with E-state index in [-0.39, 0.29) is 0 Å². The summed E-state index contributed by atoms with van der Waals surface area (Å²) in [6, 6.07) is 0. The van der Waals surface area contributed by atoms with E-state index in [1.165, 1.54) is 0 Å². The SMILES string of the molecule is Nc1cnc(C2CCOCC2)nc1. The molecule has 4 heteroatoms. The number of hydrogen-bond acceptors (Lipinski definition) is 4. The number of ether oxygens (including phenoxy) is 1. The van der Waals surface area contributed by atoms with E-state index >= 15 is 0 Å². The van der Waals surface area contributed by atoms with Crippen LogP contribution in [0.1, 0.15) is 24.6 Å². The average Bonchev–Trinajstić information content (AvgIpc) is 2.20. The van der Waals surface area contributed by atoms with Crippen LogP contribution >= 0.6 is 0 Å². The molecule has 0 spiro atoms. The average molecular weight is 179 g/mol. The van der Waals surface area contributed by atoms with Crippen molar-refractivity contribution < 1.29 is 4.74 Å². The van der Waals surface area contributed by atoms with E-state index in [1.807, 2.05) is 0 Å². The normalized spacial score (nSPS) is 18.8. The maximum absolute atomic E-state index is 5.51. The van der Waals surface area contributed by atoms with Gasteiger partial charge in [-0.2, -0.15) is 0 Å². The summed E-state index contributed by atoms with van der Waals surface area (Å²) in [5, 5.41) is 0. The minimum Gasteiger partial charge on any atom is -0.396 e. The van der Waals surface area contributed by atoms with Crippen molar-refractivity contribution in [2.24, 2.45) is 0 Å². The zero-order chi connectivity index (χ0) is 9.10. The zero-order valence-corrected chi connectivity index (χ0v) is 7.44. The topological polar surface area (TPSA) is 61.0 Å². The van der Waals surface area contributed by atoms with Gasteiger partial charge in [-0.1, -0.05) is 0 Å². The lowest BCUT2D eigenvalue weighted by molar-refractivity contribution is 0.0836. The Balaban J connectivity index is 2.10. The van der Waals surface area contributed by atoms with Gasteiger partial charge in [0.1, 0.15) is 5.82 Å². The molecule has 1 aliphatic rings. The molecule has 0 atom stereocenters. The van der Waals surface area contributed by atoms with E-state index in [4.69, 9.17) is 10.5 Å². The summed E-state index contributed by atoms with van der Waals surface area (Å²) in [5.74, 6) is 1.35. The van der Waals surface area contributed by atoms with E-state index in [9.17, 15) is 0 Å². The Morgan fingerprint density at radius 1 is 1.23 bits per heavy atom. The molecule has 0 bridgehead atoms. The predicted octanol–water partition coefficient (Wildman–Crippen LogP) is 0.953. The van der Waals surface area contributed by atoms with Crippen LogP contribution in [-0.4, -0.2) is 23.2 Å². The van der Waals surface area contributed by atoms with E-state index in [0.717, 1.165) is 31.9 Å². The minimum atomic E-state index is 0.453. The number of hydrogen-bond donors (Lipinski definition) is 1. The molecule has 2 N–H and O–H groups in total. The lowest BCUT2D eigenvalue weighted by Crippen LogP contribution is -2.16. The fourth-order valence-electron chi connectivity index (χ4n) is 1.51. The van der Waals surface area contributed by atoms with Gasteiger partial charge in [-0.3, -0.25) is 0 Å². The van der Waals surface area contributed by atoms with Crippen LogP contribution in [0.15, 0.2) is 12.4 Å². The first-order chi connectivity index (χ1) is 6.36. The van der Waals surface area contributed by atoms with Crippen molar-refractivity contribution in [3.63, 3.8) is 0 Å². The number of rotatable bonds is 1. The fourth-order valence-corrected chi connectivity index (χ4v) is 1.51. The third-order valence-electron chi connectivity index (χ3n) is 2.28. The van der Waals surface area contributed by atoms with E-state index in [1.54, 1.807) is 12.4 Å². The van der Waals surface area contributed by atoms with Crippen molar-refractivity contribution in [1.82, 2.24) is 9.97 Å². The van der Waals surface area contributed by atoms with Gasteiger partial charge in [0, 0.05) is 19.1 Å². The van der Waals surface area contributed by atoms with Gasteiger partial charge in [0.05, 0.1) is 18.1 Å². The lowest BCUT2D eigenvalue weighted by atomic mass is 10.00. The molecule has 2 heterocycles. The van der Waals surface area contributed by atoms with Gasteiger partial charge in [-0.05, 0) is 12.8 Å². The predicted molar refractivity (Wildman–Crippen MR) is 49.2 cm³/mol. The number of anilines is 1. The molecule has 1 fully saturated rings. The second-order valence-electron chi connectivity index (χ2n) is 3.26. The summed E-state index contributed by atoms with van der Waals surface area (Å²) in [6.07, 6.45) is 5.36. The molecule has 2 rings (SSSR count). The van der Waals surface area contributed by atoms with Crippen molar-refractivity contribution in [3.8, 4) is 0 Å². The van der Waals surface area contributed by atoms with Gasteiger partial charge in [0.25, 0.3) is 0 Å². The third kappa shape index (κ3) is 1.95. The zero-order valence-electron chi connectivity index (χ0n) is 7.44. The second-order valence-corrected chi connectivity index (χ2v) is 3.26. The van der Waals surface area contributed by atoms with Crippen LogP contribution in [0, 0.1) is 0 Å². The van der Waals surface area contributed by atoms with Crippen molar-refractivity contribution >= 4 is 5.69 Å². The summed E-state index contributed by atoms with van der Waals surface area (Å²) in [6.45, 7) is 1.64. The Hall–Kier alpha value is -1.16. The van der Waals surface area contributed by atoms with Crippen LogP contribution in [0.3, 0.4) is 0 Å².